The van der Waals surface area contributed by atoms with Crippen LogP contribution in [0.3, 0.4) is 0 Å². The molecule has 100 valence electrons. The summed E-state index contributed by atoms with van der Waals surface area (Å²) in [6.45, 7) is 2.31. The number of ketones is 1. The van der Waals surface area contributed by atoms with Gasteiger partial charge in [-0.05, 0) is 31.2 Å². The van der Waals surface area contributed by atoms with Crippen molar-refractivity contribution < 1.29 is 4.79 Å². The molecule has 2 heterocycles. The molecule has 0 aliphatic rings. The van der Waals surface area contributed by atoms with E-state index in [1.807, 2.05) is 31.2 Å². The second kappa shape index (κ2) is 5.11. The van der Waals surface area contributed by atoms with Gasteiger partial charge < -0.3 is 5.73 Å². The minimum Gasteiger partial charge on any atom is -0.325 e. The fourth-order valence-electron chi connectivity index (χ4n) is 2.03. The number of carbonyl (C=O) groups is 1. The largest absolute Gasteiger partial charge is 0.325 e. The fourth-order valence-corrected chi connectivity index (χ4v) is 2.68. The molecule has 0 bridgehead atoms. The Balaban J connectivity index is 2.01. The standard InChI is InChI=1S/C15H13N3OS/c1-9-2-3-10-6-11(4-5-12(10)17-9)15(19)13-8-20-14(7-16)18-13/h2-6,8H,7,16H2,1H3. The molecule has 5 heteroatoms. The lowest BCUT2D eigenvalue weighted by atomic mass is 10.1. The van der Waals surface area contributed by atoms with Crippen molar-refractivity contribution in [3.63, 3.8) is 0 Å². The van der Waals surface area contributed by atoms with Crippen LogP contribution in [0.15, 0.2) is 35.7 Å². The first-order valence-corrected chi connectivity index (χ1v) is 7.12. The summed E-state index contributed by atoms with van der Waals surface area (Å²) in [6.07, 6.45) is 0. The summed E-state index contributed by atoms with van der Waals surface area (Å²) in [5.74, 6) is -0.0802. The van der Waals surface area contributed by atoms with Gasteiger partial charge in [0.25, 0.3) is 0 Å². The third kappa shape index (κ3) is 2.33. The minimum absolute atomic E-state index is 0.0802. The first kappa shape index (κ1) is 12.9. The van der Waals surface area contributed by atoms with Gasteiger partial charge in [-0.1, -0.05) is 6.07 Å². The molecule has 0 amide bonds. The number of thiazole rings is 1. The van der Waals surface area contributed by atoms with Crippen molar-refractivity contribution in [2.24, 2.45) is 5.73 Å². The molecule has 2 aromatic heterocycles. The smallest absolute Gasteiger partial charge is 0.212 e. The molecule has 0 spiro atoms. The van der Waals surface area contributed by atoms with E-state index in [2.05, 4.69) is 9.97 Å². The highest BCUT2D eigenvalue weighted by Crippen LogP contribution is 2.18. The van der Waals surface area contributed by atoms with E-state index in [1.165, 1.54) is 11.3 Å². The average molecular weight is 283 g/mol. The Morgan fingerprint density at radius 3 is 2.85 bits per heavy atom. The molecule has 0 radical (unpaired) electrons. The molecule has 0 aliphatic carbocycles. The molecule has 0 fully saturated rings. The molecule has 0 atom stereocenters. The summed E-state index contributed by atoms with van der Waals surface area (Å²) in [6, 6.07) is 9.42. The Morgan fingerprint density at radius 2 is 2.10 bits per heavy atom. The molecule has 0 aliphatic heterocycles. The van der Waals surface area contributed by atoms with Gasteiger partial charge in [0.2, 0.25) is 5.78 Å². The lowest BCUT2D eigenvalue weighted by molar-refractivity contribution is 0.103. The van der Waals surface area contributed by atoms with Crippen LogP contribution in [0.4, 0.5) is 0 Å². The molecule has 20 heavy (non-hydrogen) atoms. The summed E-state index contributed by atoms with van der Waals surface area (Å²) in [5.41, 5.74) is 8.45. The number of hydrogen-bond acceptors (Lipinski definition) is 5. The first-order chi connectivity index (χ1) is 9.67. The van der Waals surface area contributed by atoms with Gasteiger partial charge in [-0.2, -0.15) is 0 Å². The SMILES string of the molecule is Cc1ccc2cc(C(=O)c3csc(CN)n3)ccc2n1. The fraction of sp³-hybridized carbons (Fsp3) is 0.133. The number of nitrogens with two attached hydrogens (primary N) is 1. The Bertz CT molecular complexity index is 795. The maximum absolute atomic E-state index is 12.4. The zero-order valence-corrected chi connectivity index (χ0v) is 11.8. The highest BCUT2D eigenvalue weighted by atomic mass is 32.1. The first-order valence-electron chi connectivity index (χ1n) is 6.24. The molecule has 2 N–H and O–H groups in total. The van der Waals surface area contributed by atoms with Crippen LogP contribution in [0.5, 0.6) is 0 Å². The topological polar surface area (TPSA) is 68.9 Å². The number of nitrogens with zero attached hydrogens (tertiary/aromatic N) is 2. The second-order valence-electron chi connectivity index (χ2n) is 4.52. The van der Waals surface area contributed by atoms with Crippen molar-refractivity contribution >= 4 is 28.0 Å². The van der Waals surface area contributed by atoms with Crippen LogP contribution in [0.25, 0.3) is 10.9 Å². The van der Waals surface area contributed by atoms with Gasteiger partial charge in [0.15, 0.2) is 0 Å². The minimum atomic E-state index is -0.0802. The Hall–Kier alpha value is -2.11. The van der Waals surface area contributed by atoms with E-state index in [4.69, 9.17) is 5.73 Å². The summed E-state index contributed by atoms with van der Waals surface area (Å²) < 4.78 is 0. The van der Waals surface area contributed by atoms with Crippen LogP contribution in [-0.4, -0.2) is 15.8 Å². The summed E-state index contributed by atoms with van der Waals surface area (Å²) in [4.78, 5) is 21.0. The van der Waals surface area contributed by atoms with E-state index < -0.39 is 0 Å². The summed E-state index contributed by atoms with van der Waals surface area (Å²) >= 11 is 1.41. The summed E-state index contributed by atoms with van der Waals surface area (Å²) in [7, 11) is 0. The van der Waals surface area contributed by atoms with Gasteiger partial charge in [0.05, 0.1) is 5.52 Å². The number of aryl methyl sites for hydroxylation is 1. The second-order valence-corrected chi connectivity index (χ2v) is 5.46. The maximum atomic E-state index is 12.4. The van der Waals surface area contributed by atoms with E-state index in [0.29, 0.717) is 17.8 Å². The van der Waals surface area contributed by atoms with Gasteiger partial charge in [-0.25, -0.2) is 4.98 Å². The van der Waals surface area contributed by atoms with Crippen molar-refractivity contribution in [2.45, 2.75) is 13.5 Å². The molecule has 0 saturated carbocycles. The van der Waals surface area contributed by atoms with Crippen molar-refractivity contribution in [1.29, 1.82) is 0 Å². The molecule has 0 unspecified atom stereocenters. The van der Waals surface area contributed by atoms with Crippen LogP contribution in [0.2, 0.25) is 0 Å². The highest BCUT2D eigenvalue weighted by molar-refractivity contribution is 7.09. The van der Waals surface area contributed by atoms with Crippen LogP contribution in [-0.2, 0) is 6.54 Å². The zero-order chi connectivity index (χ0) is 14.1. The molecular formula is C15H13N3OS. The van der Waals surface area contributed by atoms with Gasteiger partial charge in [-0.3, -0.25) is 9.78 Å². The monoisotopic (exact) mass is 283 g/mol. The van der Waals surface area contributed by atoms with Crippen LogP contribution >= 0.6 is 11.3 Å². The third-order valence-corrected chi connectivity index (χ3v) is 3.92. The van der Waals surface area contributed by atoms with Crippen molar-refractivity contribution in [1.82, 2.24) is 9.97 Å². The van der Waals surface area contributed by atoms with E-state index in [1.54, 1.807) is 11.4 Å². The van der Waals surface area contributed by atoms with Crippen molar-refractivity contribution in [2.75, 3.05) is 0 Å². The predicted octanol–water partition coefficient (Wildman–Crippen LogP) is 2.69. The number of rotatable bonds is 3. The van der Waals surface area contributed by atoms with Gasteiger partial charge in [0.1, 0.15) is 10.7 Å². The normalized spacial score (nSPS) is 10.9. The number of carbonyl (C=O) groups excluding carboxylic acids is 1. The zero-order valence-electron chi connectivity index (χ0n) is 11.0. The molecule has 3 aromatic rings. The Morgan fingerprint density at radius 1 is 1.25 bits per heavy atom. The van der Waals surface area contributed by atoms with Crippen LogP contribution in [0.1, 0.15) is 26.8 Å². The number of aromatic nitrogens is 2. The maximum Gasteiger partial charge on any atom is 0.212 e. The molecule has 4 nitrogen and oxygen atoms in total. The van der Waals surface area contributed by atoms with E-state index in [-0.39, 0.29) is 5.78 Å². The lowest BCUT2D eigenvalue weighted by Crippen LogP contribution is -2.03. The highest BCUT2D eigenvalue weighted by Gasteiger charge is 2.13. The number of benzene rings is 1. The van der Waals surface area contributed by atoms with E-state index >= 15 is 0 Å². The van der Waals surface area contributed by atoms with Crippen LogP contribution < -0.4 is 5.73 Å². The molecule has 0 saturated heterocycles. The van der Waals surface area contributed by atoms with Crippen LogP contribution in [0, 0.1) is 6.92 Å². The quantitative estimate of drug-likeness (QED) is 0.750. The van der Waals surface area contributed by atoms with Crippen molar-refractivity contribution in [3.05, 3.63) is 57.7 Å². The average Bonchev–Trinajstić information content (AvgIpc) is 2.95. The molecular weight excluding hydrogens is 270 g/mol. The van der Waals surface area contributed by atoms with Crippen molar-refractivity contribution in [3.8, 4) is 0 Å². The predicted molar refractivity (Wildman–Crippen MR) is 79.9 cm³/mol. The number of pyridine rings is 1. The Kier molecular flexibility index (Phi) is 3.30. The molecule has 1 aromatic carbocycles. The Labute approximate surface area is 120 Å². The van der Waals surface area contributed by atoms with Gasteiger partial charge >= 0.3 is 0 Å². The third-order valence-electron chi connectivity index (χ3n) is 3.05. The van der Waals surface area contributed by atoms with E-state index in [0.717, 1.165) is 21.6 Å². The van der Waals surface area contributed by atoms with Gasteiger partial charge in [0, 0.05) is 28.6 Å². The number of fused-ring (bicyclic) bond motifs is 1. The lowest BCUT2D eigenvalue weighted by Gasteiger charge is -2.02. The number of hydrogen-bond donors (Lipinski definition) is 1. The van der Waals surface area contributed by atoms with Gasteiger partial charge in [-0.15, -0.1) is 11.3 Å². The summed E-state index contributed by atoms with van der Waals surface area (Å²) in [5, 5.41) is 3.48. The molecule has 3 rings (SSSR count). The van der Waals surface area contributed by atoms with E-state index in [9.17, 15) is 4.79 Å².